The Morgan fingerprint density at radius 3 is 2.38 bits per heavy atom. The predicted octanol–water partition coefficient (Wildman–Crippen LogP) is 0.00220. The molecule has 0 aliphatic rings. The average molecular weight is 229 g/mol. The topological polar surface area (TPSA) is 84.2 Å². The highest BCUT2D eigenvalue weighted by molar-refractivity contribution is 5.82. The summed E-state index contributed by atoms with van der Waals surface area (Å²) in [5.74, 6) is 0.155. The summed E-state index contributed by atoms with van der Waals surface area (Å²) in [5, 5.41) is 5.31. The second kappa shape index (κ2) is 8.10. The molecule has 4 N–H and O–H groups in total. The van der Waals surface area contributed by atoms with Gasteiger partial charge in [-0.15, -0.1) is 0 Å². The molecule has 5 nitrogen and oxygen atoms in total. The quantitative estimate of drug-likeness (QED) is 0.574. The van der Waals surface area contributed by atoms with E-state index in [1.807, 2.05) is 20.8 Å². The summed E-state index contributed by atoms with van der Waals surface area (Å²) in [6.07, 6.45) is 0.959. The van der Waals surface area contributed by atoms with Crippen LogP contribution in [0.1, 0.15) is 33.6 Å². The molecule has 0 radical (unpaired) electrons. The Morgan fingerprint density at radius 2 is 1.88 bits per heavy atom. The summed E-state index contributed by atoms with van der Waals surface area (Å²) in [5.41, 5.74) is 5.68. The Hall–Kier alpha value is -1.10. The van der Waals surface area contributed by atoms with Crippen LogP contribution in [0.3, 0.4) is 0 Å². The van der Waals surface area contributed by atoms with E-state index in [4.69, 9.17) is 5.73 Å². The van der Waals surface area contributed by atoms with Gasteiger partial charge in [-0.1, -0.05) is 13.8 Å². The van der Waals surface area contributed by atoms with E-state index < -0.39 is 6.04 Å². The van der Waals surface area contributed by atoms with Crippen LogP contribution in [0.2, 0.25) is 0 Å². The van der Waals surface area contributed by atoms with E-state index in [0.717, 1.165) is 0 Å². The van der Waals surface area contributed by atoms with Gasteiger partial charge >= 0.3 is 0 Å². The lowest BCUT2D eigenvalue weighted by Crippen LogP contribution is -2.42. The van der Waals surface area contributed by atoms with E-state index in [0.29, 0.717) is 31.8 Å². The van der Waals surface area contributed by atoms with Gasteiger partial charge in [-0.05, 0) is 19.3 Å². The van der Waals surface area contributed by atoms with Crippen molar-refractivity contribution >= 4 is 11.8 Å². The van der Waals surface area contributed by atoms with Crippen molar-refractivity contribution in [1.29, 1.82) is 0 Å². The highest BCUT2D eigenvalue weighted by atomic mass is 16.2. The molecule has 0 bridgehead atoms. The van der Waals surface area contributed by atoms with Crippen molar-refractivity contribution in [3.63, 3.8) is 0 Å². The van der Waals surface area contributed by atoms with Crippen molar-refractivity contribution in [1.82, 2.24) is 10.6 Å². The van der Waals surface area contributed by atoms with Gasteiger partial charge in [-0.2, -0.15) is 0 Å². The van der Waals surface area contributed by atoms with Gasteiger partial charge in [0.1, 0.15) is 0 Å². The number of carbonyl (C=O) groups excluding carboxylic acids is 2. The lowest BCUT2D eigenvalue weighted by atomic mass is 10.0. The zero-order chi connectivity index (χ0) is 12.6. The zero-order valence-electron chi connectivity index (χ0n) is 10.4. The molecule has 0 aromatic rings. The van der Waals surface area contributed by atoms with E-state index in [-0.39, 0.29) is 11.8 Å². The molecule has 0 aliphatic carbocycles. The van der Waals surface area contributed by atoms with Gasteiger partial charge in [0.2, 0.25) is 11.8 Å². The van der Waals surface area contributed by atoms with Crippen molar-refractivity contribution in [2.24, 2.45) is 11.7 Å². The Bertz CT molecular complexity index is 229. The molecule has 0 heterocycles. The summed E-state index contributed by atoms with van der Waals surface area (Å²) < 4.78 is 0. The molecule has 94 valence electrons. The van der Waals surface area contributed by atoms with Gasteiger partial charge in [0, 0.05) is 19.5 Å². The van der Waals surface area contributed by atoms with Gasteiger partial charge in [-0.25, -0.2) is 0 Å². The van der Waals surface area contributed by atoms with Crippen LogP contribution in [-0.2, 0) is 9.59 Å². The summed E-state index contributed by atoms with van der Waals surface area (Å²) in [6, 6.07) is -0.478. The third-order valence-corrected chi connectivity index (χ3v) is 2.09. The first-order valence-corrected chi connectivity index (χ1v) is 5.77. The van der Waals surface area contributed by atoms with E-state index in [1.54, 1.807) is 0 Å². The van der Waals surface area contributed by atoms with E-state index in [1.165, 1.54) is 0 Å². The Balaban J connectivity index is 3.68. The molecule has 0 rings (SSSR count). The maximum absolute atomic E-state index is 11.5. The SMILES string of the molecule is CCNC(=O)CCNC(=O)[C@@H](N)CC(C)C. The van der Waals surface area contributed by atoms with E-state index >= 15 is 0 Å². The number of hydrogen-bond acceptors (Lipinski definition) is 3. The Kier molecular flexibility index (Phi) is 7.54. The lowest BCUT2D eigenvalue weighted by molar-refractivity contribution is -0.123. The minimum absolute atomic E-state index is 0.0553. The lowest BCUT2D eigenvalue weighted by Gasteiger charge is -2.13. The average Bonchev–Trinajstić information content (AvgIpc) is 2.16. The number of hydrogen-bond donors (Lipinski definition) is 3. The minimum atomic E-state index is -0.478. The molecule has 0 fully saturated rings. The van der Waals surface area contributed by atoms with Crippen molar-refractivity contribution in [2.75, 3.05) is 13.1 Å². The van der Waals surface area contributed by atoms with Crippen LogP contribution in [-0.4, -0.2) is 30.9 Å². The number of carbonyl (C=O) groups is 2. The molecule has 5 heteroatoms. The first kappa shape index (κ1) is 14.9. The third-order valence-electron chi connectivity index (χ3n) is 2.09. The van der Waals surface area contributed by atoms with Crippen LogP contribution >= 0.6 is 0 Å². The normalized spacial score (nSPS) is 12.3. The fraction of sp³-hybridized carbons (Fsp3) is 0.818. The van der Waals surface area contributed by atoms with Crippen LogP contribution in [0.5, 0.6) is 0 Å². The summed E-state index contributed by atoms with van der Waals surface area (Å²) in [7, 11) is 0. The summed E-state index contributed by atoms with van der Waals surface area (Å²) >= 11 is 0. The van der Waals surface area contributed by atoms with Crippen LogP contribution in [0.15, 0.2) is 0 Å². The predicted molar refractivity (Wildman–Crippen MR) is 63.7 cm³/mol. The maximum Gasteiger partial charge on any atom is 0.236 e. The fourth-order valence-electron chi connectivity index (χ4n) is 1.33. The molecule has 0 saturated carbocycles. The monoisotopic (exact) mass is 229 g/mol. The van der Waals surface area contributed by atoms with Crippen molar-refractivity contribution in [3.05, 3.63) is 0 Å². The molecule has 0 aromatic carbocycles. The molecule has 16 heavy (non-hydrogen) atoms. The number of nitrogens with two attached hydrogens (primary N) is 1. The summed E-state index contributed by atoms with van der Waals surface area (Å²) in [6.45, 7) is 6.84. The van der Waals surface area contributed by atoms with Crippen LogP contribution in [0.4, 0.5) is 0 Å². The number of rotatable bonds is 7. The highest BCUT2D eigenvalue weighted by Gasteiger charge is 2.14. The summed E-state index contributed by atoms with van der Waals surface area (Å²) in [4.78, 5) is 22.5. The molecular weight excluding hydrogens is 206 g/mol. The highest BCUT2D eigenvalue weighted by Crippen LogP contribution is 2.02. The van der Waals surface area contributed by atoms with Crippen LogP contribution in [0, 0.1) is 5.92 Å². The third kappa shape index (κ3) is 7.23. The van der Waals surface area contributed by atoms with E-state index in [9.17, 15) is 9.59 Å². The zero-order valence-corrected chi connectivity index (χ0v) is 10.4. The van der Waals surface area contributed by atoms with Crippen LogP contribution < -0.4 is 16.4 Å². The first-order chi connectivity index (χ1) is 7.47. The van der Waals surface area contributed by atoms with Gasteiger partial charge in [0.05, 0.1) is 6.04 Å². The molecule has 0 aliphatic heterocycles. The van der Waals surface area contributed by atoms with Gasteiger partial charge in [-0.3, -0.25) is 9.59 Å². The molecule has 1 atom stereocenters. The molecule has 0 unspecified atom stereocenters. The van der Waals surface area contributed by atoms with Gasteiger partial charge in [0.15, 0.2) is 0 Å². The Morgan fingerprint density at radius 1 is 1.25 bits per heavy atom. The minimum Gasteiger partial charge on any atom is -0.356 e. The smallest absolute Gasteiger partial charge is 0.236 e. The van der Waals surface area contributed by atoms with E-state index in [2.05, 4.69) is 10.6 Å². The maximum atomic E-state index is 11.5. The Labute approximate surface area is 97.2 Å². The number of amides is 2. The standard InChI is InChI=1S/C11H23N3O2/c1-4-13-10(15)5-6-14-11(16)9(12)7-8(2)3/h8-9H,4-7,12H2,1-3H3,(H,13,15)(H,14,16)/t9-/m0/s1. The van der Waals surface area contributed by atoms with Crippen molar-refractivity contribution in [2.45, 2.75) is 39.7 Å². The molecule has 0 aromatic heterocycles. The van der Waals surface area contributed by atoms with Gasteiger partial charge < -0.3 is 16.4 Å². The fourth-order valence-corrected chi connectivity index (χ4v) is 1.33. The van der Waals surface area contributed by atoms with Crippen molar-refractivity contribution in [3.8, 4) is 0 Å². The van der Waals surface area contributed by atoms with Gasteiger partial charge in [0.25, 0.3) is 0 Å². The number of nitrogens with one attached hydrogen (secondary N) is 2. The molecule has 2 amide bonds. The van der Waals surface area contributed by atoms with Crippen molar-refractivity contribution < 1.29 is 9.59 Å². The molecular formula is C11H23N3O2. The largest absolute Gasteiger partial charge is 0.356 e. The first-order valence-electron chi connectivity index (χ1n) is 5.77. The van der Waals surface area contributed by atoms with Crippen LogP contribution in [0.25, 0.3) is 0 Å². The second-order valence-corrected chi connectivity index (χ2v) is 4.23. The second-order valence-electron chi connectivity index (χ2n) is 4.23. The molecule has 0 spiro atoms. The molecule has 0 saturated heterocycles.